The number of nitrogens with zero attached hydrogens (tertiary/aromatic N) is 1. The van der Waals surface area contributed by atoms with Gasteiger partial charge in [-0.05, 0) is 53.6 Å². The minimum absolute atomic E-state index is 0.0650. The second-order valence-corrected chi connectivity index (χ2v) is 9.74. The second kappa shape index (κ2) is 8.79. The first-order valence-corrected chi connectivity index (χ1v) is 11.6. The summed E-state index contributed by atoms with van der Waals surface area (Å²) < 4.78 is 30.1. The summed E-state index contributed by atoms with van der Waals surface area (Å²) >= 11 is 0.846. The molecule has 1 unspecified atom stereocenters. The van der Waals surface area contributed by atoms with Crippen LogP contribution in [0, 0.1) is 0 Å². The maximum Gasteiger partial charge on any atom is 0.290 e. The minimum Gasteiger partial charge on any atom is -0.492 e. The minimum atomic E-state index is -3.42. The molecule has 1 fully saturated rings. The number of ether oxygens (including phenoxy) is 1. The summed E-state index contributed by atoms with van der Waals surface area (Å²) in [5.41, 5.74) is 2.20. The highest BCUT2D eigenvalue weighted by molar-refractivity contribution is 8.18. The predicted molar refractivity (Wildman–Crippen MR) is 112 cm³/mol. The van der Waals surface area contributed by atoms with Gasteiger partial charge in [-0.3, -0.25) is 19.9 Å². The summed E-state index contributed by atoms with van der Waals surface area (Å²) in [6.07, 6.45) is 5.27. The molecule has 0 saturated carbocycles. The van der Waals surface area contributed by atoms with Crippen LogP contribution in [0.3, 0.4) is 0 Å². The molecule has 1 saturated heterocycles. The third kappa shape index (κ3) is 5.45. The number of aryl methyl sites for hydroxylation is 1. The maximum absolute atomic E-state index is 12.2. The van der Waals surface area contributed by atoms with Gasteiger partial charge in [-0.25, -0.2) is 8.42 Å². The molecule has 2 amide bonds. The molecule has 1 N–H and O–H groups in total. The fourth-order valence-corrected chi connectivity index (χ4v) is 4.24. The van der Waals surface area contributed by atoms with E-state index in [0.29, 0.717) is 16.3 Å². The Hall–Kier alpha value is -2.65. The number of carbonyl (C=O) groups excluding carboxylic acids is 2. The molecule has 9 heteroatoms. The molecule has 7 nitrogen and oxygen atoms in total. The zero-order valence-corrected chi connectivity index (χ0v) is 17.5. The fraction of sp³-hybridized carbons (Fsp3) is 0.250. The second-order valence-electron chi connectivity index (χ2n) is 6.50. The molecule has 1 aromatic heterocycles. The summed E-state index contributed by atoms with van der Waals surface area (Å²) in [4.78, 5) is 27.4. The van der Waals surface area contributed by atoms with E-state index >= 15 is 0 Å². The lowest BCUT2D eigenvalue weighted by Gasteiger charge is -2.16. The third-order valence-electron chi connectivity index (χ3n) is 4.32. The maximum atomic E-state index is 12.2. The van der Waals surface area contributed by atoms with E-state index in [0.717, 1.165) is 35.6 Å². The molecule has 3 rings (SSSR count). The molecule has 1 aromatic carbocycles. The van der Waals surface area contributed by atoms with Gasteiger partial charge in [0, 0.05) is 12.5 Å². The van der Waals surface area contributed by atoms with Crippen molar-refractivity contribution in [2.45, 2.75) is 18.6 Å². The first-order chi connectivity index (χ1) is 13.8. The van der Waals surface area contributed by atoms with Crippen LogP contribution < -0.4 is 10.1 Å². The van der Waals surface area contributed by atoms with Crippen LogP contribution in [0.5, 0.6) is 5.75 Å². The van der Waals surface area contributed by atoms with Gasteiger partial charge in [-0.2, -0.15) is 0 Å². The molecule has 0 aliphatic carbocycles. The monoisotopic (exact) mass is 432 g/mol. The summed E-state index contributed by atoms with van der Waals surface area (Å²) in [7, 11) is -3.42. The van der Waals surface area contributed by atoms with E-state index in [9.17, 15) is 18.0 Å². The van der Waals surface area contributed by atoms with Crippen molar-refractivity contribution in [3.63, 3.8) is 0 Å². The van der Waals surface area contributed by atoms with Gasteiger partial charge < -0.3 is 4.74 Å². The number of thioether (sulfide) groups is 1. The number of pyridine rings is 1. The number of rotatable bonds is 7. The summed E-state index contributed by atoms with van der Waals surface area (Å²) in [5, 5.41) is 0.927. The first kappa shape index (κ1) is 21.1. The van der Waals surface area contributed by atoms with Crippen molar-refractivity contribution >= 4 is 38.8 Å². The number of amides is 2. The molecule has 0 spiro atoms. The van der Waals surface area contributed by atoms with Crippen LogP contribution in [0.4, 0.5) is 4.79 Å². The van der Waals surface area contributed by atoms with Gasteiger partial charge in [-0.15, -0.1) is 0 Å². The van der Waals surface area contributed by atoms with Gasteiger partial charge >= 0.3 is 0 Å². The topological polar surface area (TPSA) is 102 Å². The van der Waals surface area contributed by atoms with Gasteiger partial charge in [0.15, 0.2) is 9.84 Å². The van der Waals surface area contributed by atoms with E-state index < -0.39 is 26.2 Å². The number of nitrogens with one attached hydrogen (secondary N) is 1. The van der Waals surface area contributed by atoms with Gasteiger partial charge in [0.2, 0.25) is 0 Å². The number of carbonyl (C=O) groups is 2. The molecule has 0 bridgehead atoms. The number of benzene rings is 1. The van der Waals surface area contributed by atoms with E-state index in [1.165, 1.54) is 0 Å². The Labute approximate surface area is 173 Å². The largest absolute Gasteiger partial charge is 0.492 e. The number of imide groups is 1. The zero-order chi connectivity index (χ0) is 21.0. The van der Waals surface area contributed by atoms with Crippen molar-refractivity contribution in [1.29, 1.82) is 0 Å². The van der Waals surface area contributed by atoms with Crippen LogP contribution in [-0.2, 0) is 21.1 Å². The van der Waals surface area contributed by atoms with E-state index in [4.69, 9.17) is 4.74 Å². The zero-order valence-electron chi connectivity index (χ0n) is 15.9. The molecule has 1 aliphatic rings. The molecule has 1 aliphatic heterocycles. The van der Waals surface area contributed by atoms with Crippen LogP contribution in [-0.4, -0.2) is 37.4 Å². The summed E-state index contributed by atoms with van der Waals surface area (Å²) in [5.74, 6) is 0.0727. The summed E-state index contributed by atoms with van der Waals surface area (Å²) in [6, 6.07) is 10.4. The Morgan fingerprint density at radius 3 is 2.41 bits per heavy atom. The van der Waals surface area contributed by atoms with Crippen molar-refractivity contribution in [2.24, 2.45) is 0 Å². The highest BCUT2D eigenvalue weighted by Crippen LogP contribution is 2.27. The number of hydrogen-bond acceptors (Lipinski definition) is 7. The van der Waals surface area contributed by atoms with Crippen molar-refractivity contribution in [2.75, 3.05) is 12.9 Å². The average molecular weight is 433 g/mol. The SMILES string of the molecule is CCc1ccc(C(COc2ccc(C=C3SC(=O)NC3=O)cc2)S(C)(=O)=O)nc1. The normalized spacial score (nSPS) is 16.7. The molecule has 29 heavy (non-hydrogen) atoms. The van der Waals surface area contributed by atoms with Gasteiger partial charge in [0.05, 0.1) is 10.6 Å². The predicted octanol–water partition coefficient (Wildman–Crippen LogP) is 3.13. The Kier molecular flexibility index (Phi) is 6.39. The highest BCUT2D eigenvalue weighted by Gasteiger charge is 2.26. The van der Waals surface area contributed by atoms with Crippen LogP contribution in [0.15, 0.2) is 47.5 Å². The van der Waals surface area contributed by atoms with Crippen molar-refractivity contribution in [3.05, 3.63) is 64.3 Å². The van der Waals surface area contributed by atoms with E-state index in [-0.39, 0.29) is 6.61 Å². The molecule has 1 atom stereocenters. The lowest BCUT2D eigenvalue weighted by molar-refractivity contribution is -0.115. The smallest absolute Gasteiger partial charge is 0.290 e. The van der Waals surface area contributed by atoms with Crippen LogP contribution in [0.2, 0.25) is 0 Å². The standard InChI is InChI=1S/C20H20N2O5S2/c1-3-13-6-9-16(21-11-13)18(29(2,25)26)12-27-15-7-4-14(5-8-15)10-17-19(23)22-20(24)28-17/h4-11,18H,3,12H2,1-2H3,(H,22,23,24). The van der Waals surface area contributed by atoms with E-state index in [1.807, 2.05) is 13.0 Å². The molecular weight excluding hydrogens is 412 g/mol. The van der Waals surface area contributed by atoms with Crippen LogP contribution in [0.25, 0.3) is 6.08 Å². The van der Waals surface area contributed by atoms with Crippen molar-refractivity contribution in [3.8, 4) is 5.75 Å². The van der Waals surface area contributed by atoms with Gasteiger partial charge in [0.25, 0.3) is 11.1 Å². The lowest BCUT2D eigenvalue weighted by atomic mass is 10.2. The van der Waals surface area contributed by atoms with Gasteiger partial charge in [0.1, 0.15) is 17.6 Å². The Bertz CT molecular complexity index is 1050. The molecule has 152 valence electrons. The van der Waals surface area contributed by atoms with Crippen molar-refractivity contribution < 1.29 is 22.7 Å². The Balaban J connectivity index is 1.70. The molecule has 2 aromatic rings. The summed E-state index contributed by atoms with van der Waals surface area (Å²) in [6.45, 7) is 1.94. The quantitative estimate of drug-likeness (QED) is 0.671. The average Bonchev–Trinajstić information content (AvgIpc) is 2.99. The number of aromatic nitrogens is 1. The Morgan fingerprint density at radius 1 is 1.17 bits per heavy atom. The third-order valence-corrected chi connectivity index (χ3v) is 6.55. The van der Waals surface area contributed by atoms with E-state index in [2.05, 4.69) is 10.3 Å². The number of hydrogen-bond donors (Lipinski definition) is 1. The van der Waals surface area contributed by atoms with E-state index in [1.54, 1.807) is 42.6 Å². The first-order valence-electron chi connectivity index (χ1n) is 8.87. The van der Waals surface area contributed by atoms with Crippen molar-refractivity contribution in [1.82, 2.24) is 10.3 Å². The molecule has 0 radical (unpaired) electrons. The van der Waals surface area contributed by atoms with Crippen LogP contribution >= 0.6 is 11.8 Å². The Morgan fingerprint density at radius 2 is 1.90 bits per heavy atom. The fourth-order valence-electron chi connectivity index (χ4n) is 2.67. The van der Waals surface area contributed by atoms with Gasteiger partial charge in [-0.1, -0.05) is 25.1 Å². The van der Waals surface area contributed by atoms with Crippen LogP contribution in [0.1, 0.15) is 29.0 Å². The lowest BCUT2D eigenvalue weighted by Crippen LogP contribution is -2.20. The molecule has 2 heterocycles. The number of sulfone groups is 1. The molecular formula is C20H20N2O5S2. The highest BCUT2D eigenvalue weighted by atomic mass is 32.2.